The quantitative estimate of drug-likeness (QED) is 0.816. The van der Waals surface area contributed by atoms with Crippen molar-refractivity contribution in [2.24, 2.45) is 0 Å². The van der Waals surface area contributed by atoms with Crippen molar-refractivity contribution in [3.05, 3.63) is 34.1 Å². The number of rotatable bonds is 6. The van der Waals surface area contributed by atoms with E-state index in [9.17, 15) is 8.60 Å². The number of hydrogen-bond acceptors (Lipinski definition) is 2. The van der Waals surface area contributed by atoms with Crippen LogP contribution in [0.1, 0.15) is 24.9 Å². The summed E-state index contributed by atoms with van der Waals surface area (Å²) in [6.07, 6.45) is 2.53. The number of nitrogens with one attached hydrogen (secondary N) is 1. The summed E-state index contributed by atoms with van der Waals surface area (Å²) in [4.78, 5) is 0. The van der Waals surface area contributed by atoms with Crippen LogP contribution < -0.4 is 5.32 Å². The Morgan fingerprint density at radius 1 is 1.53 bits per heavy atom. The van der Waals surface area contributed by atoms with Gasteiger partial charge in [0.25, 0.3) is 0 Å². The molecule has 2 unspecified atom stereocenters. The van der Waals surface area contributed by atoms with Crippen LogP contribution in [0.25, 0.3) is 0 Å². The van der Waals surface area contributed by atoms with E-state index < -0.39 is 10.8 Å². The maximum absolute atomic E-state index is 13.5. The lowest BCUT2D eigenvalue weighted by Gasteiger charge is -2.15. The minimum Gasteiger partial charge on any atom is -0.310 e. The van der Waals surface area contributed by atoms with Crippen LogP contribution in [-0.2, 0) is 10.8 Å². The molecule has 0 saturated heterocycles. The third-order valence-electron chi connectivity index (χ3n) is 2.48. The smallest absolute Gasteiger partial charge is 0.128 e. The Balaban J connectivity index is 2.49. The third kappa shape index (κ3) is 5.27. The molecular formula is C12H17BrFNOS. The highest BCUT2D eigenvalue weighted by Crippen LogP contribution is 2.21. The Morgan fingerprint density at radius 3 is 2.88 bits per heavy atom. The maximum Gasteiger partial charge on any atom is 0.128 e. The molecule has 0 aliphatic heterocycles. The Morgan fingerprint density at radius 2 is 2.24 bits per heavy atom. The van der Waals surface area contributed by atoms with Crippen molar-refractivity contribution in [1.82, 2.24) is 5.32 Å². The van der Waals surface area contributed by atoms with Gasteiger partial charge in [-0.2, -0.15) is 0 Å². The van der Waals surface area contributed by atoms with Crippen LogP contribution in [0.4, 0.5) is 4.39 Å². The second-order valence-electron chi connectivity index (χ2n) is 3.97. The zero-order valence-electron chi connectivity index (χ0n) is 10.0. The molecular weight excluding hydrogens is 305 g/mol. The molecule has 0 spiro atoms. The average molecular weight is 322 g/mol. The van der Waals surface area contributed by atoms with Crippen molar-refractivity contribution >= 4 is 26.7 Å². The maximum atomic E-state index is 13.5. The zero-order valence-corrected chi connectivity index (χ0v) is 12.4. The van der Waals surface area contributed by atoms with Crippen LogP contribution >= 0.6 is 15.9 Å². The van der Waals surface area contributed by atoms with Gasteiger partial charge in [-0.15, -0.1) is 0 Å². The molecule has 2 atom stereocenters. The summed E-state index contributed by atoms with van der Waals surface area (Å²) in [7, 11) is -0.754. The van der Waals surface area contributed by atoms with E-state index in [0.29, 0.717) is 11.3 Å². The molecule has 1 aromatic carbocycles. The second-order valence-corrected chi connectivity index (χ2v) is 6.44. The Hall–Kier alpha value is -0.260. The van der Waals surface area contributed by atoms with Gasteiger partial charge >= 0.3 is 0 Å². The first-order valence-electron chi connectivity index (χ1n) is 5.49. The molecule has 0 aliphatic carbocycles. The molecule has 0 fully saturated rings. The van der Waals surface area contributed by atoms with Crippen molar-refractivity contribution in [3.8, 4) is 0 Å². The van der Waals surface area contributed by atoms with Crippen molar-refractivity contribution < 1.29 is 8.60 Å². The molecule has 0 saturated carbocycles. The number of hydrogen-bond donors (Lipinski definition) is 1. The van der Waals surface area contributed by atoms with E-state index in [0.717, 1.165) is 17.4 Å². The lowest BCUT2D eigenvalue weighted by Crippen LogP contribution is -2.22. The van der Waals surface area contributed by atoms with Crippen molar-refractivity contribution in [2.75, 3.05) is 18.6 Å². The van der Waals surface area contributed by atoms with Crippen LogP contribution in [0, 0.1) is 5.82 Å². The Bertz CT molecular complexity index is 400. The molecule has 0 aliphatic rings. The molecule has 2 nitrogen and oxygen atoms in total. The van der Waals surface area contributed by atoms with Gasteiger partial charge in [-0.1, -0.05) is 15.9 Å². The normalized spacial score (nSPS) is 14.6. The van der Waals surface area contributed by atoms with E-state index >= 15 is 0 Å². The summed E-state index contributed by atoms with van der Waals surface area (Å²) in [5.74, 6) is 0.480. The van der Waals surface area contributed by atoms with Crippen molar-refractivity contribution in [2.45, 2.75) is 19.4 Å². The van der Waals surface area contributed by atoms with Crippen LogP contribution in [0.15, 0.2) is 22.7 Å². The SMILES string of the molecule is CC(NCCCS(C)=O)c1cc(Br)ccc1F. The second kappa shape index (κ2) is 7.24. The molecule has 1 N–H and O–H groups in total. The highest BCUT2D eigenvalue weighted by Gasteiger charge is 2.10. The topological polar surface area (TPSA) is 29.1 Å². The summed E-state index contributed by atoms with van der Waals surface area (Å²) in [6, 6.07) is 4.88. The molecule has 1 aromatic rings. The molecule has 5 heteroatoms. The summed E-state index contributed by atoms with van der Waals surface area (Å²) >= 11 is 3.33. The minimum absolute atomic E-state index is 0.0437. The van der Waals surface area contributed by atoms with Crippen LogP contribution in [0.2, 0.25) is 0 Å². The van der Waals surface area contributed by atoms with E-state index in [1.807, 2.05) is 6.92 Å². The van der Waals surface area contributed by atoms with Gasteiger partial charge in [0.15, 0.2) is 0 Å². The molecule has 0 radical (unpaired) electrons. The Labute approximate surface area is 113 Å². The predicted octanol–water partition coefficient (Wildman–Crippen LogP) is 3.01. The van der Waals surface area contributed by atoms with Crippen LogP contribution in [-0.4, -0.2) is 22.8 Å². The fourth-order valence-electron chi connectivity index (χ4n) is 1.55. The lowest BCUT2D eigenvalue weighted by atomic mass is 10.1. The molecule has 1 rings (SSSR count). The van der Waals surface area contributed by atoms with E-state index in [1.54, 1.807) is 18.4 Å². The average Bonchev–Trinajstić information content (AvgIpc) is 2.27. The minimum atomic E-state index is -0.754. The van der Waals surface area contributed by atoms with Gasteiger partial charge < -0.3 is 5.32 Å². The first-order chi connectivity index (χ1) is 8.00. The number of benzene rings is 1. The lowest BCUT2D eigenvalue weighted by molar-refractivity contribution is 0.527. The third-order valence-corrected chi connectivity index (χ3v) is 3.84. The first-order valence-corrected chi connectivity index (χ1v) is 8.01. The summed E-state index contributed by atoms with van der Waals surface area (Å²) in [5.41, 5.74) is 0.650. The highest BCUT2D eigenvalue weighted by molar-refractivity contribution is 9.10. The molecule has 0 bridgehead atoms. The molecule has 0 amide bonds. The van der Waals surface area contributed by atoms with Crippen LogP contribution in [0.3, 0.4) is 0 Å². The van der Waals surface area contributed by atoms with Gasteiger partial charge in [0.05, 0.1) is 0 Å². The summed E-state index contributed by atoms with van der Waals surface area (Å²) < 4.78 is 25.3. The largest absolute Gasteiger partial charge is 0.310 e. The van der Waals surface area contributed by atoms with Crippen molar-refractivity contribution in [3.63, 3.8) is 0 Å². The van der Waals surface area contributed by atoms with Gasteiger partial charge in [-0.25, -0.2) is 4.39 Å². The van der Waals surface area contributed by atoms with E-state index in [4.69, 9.17) is 0 Å². The van der Waals surface area contributed by atoms with E-state index in [-0.39, 0.29) is 11.9 Å². The highest BCUT2D eigenvalue weighted by atomic mass is 79.9. The monoisotopic (exact) mass is 321 g/mol. The first kappa shape index (κ1) is 14.8. The van der Waals surface area contributed by atoms with Gasteiger partial charge in [0, 0.05) is 38.9 Å². The van der Waals surface area contributed by atoms with Crippen LogP contribution in [0.5, 0.6) is 0 Å². The van der Waals surface area contributed by atoms with Gasteiger partial charge in [0.1, 0.15) is 5.82 Å². The van der Waals surface area contributed by atoms with Crippen molar-refractivity contribution in [1.29, 1.82) is 0 Å². The van der Waals surface area contributed by atoms with E-state index in [1.165, 1.54) is 6.07 Å². The predicted molar refractivity (Wildman–Crippen MR) is 74.1 cm³/mol. The standard InChI is InChI=1S/C12H17BrFNOS/c1-9(15-6-3-7-17(2)16)11-8-10(13)4-5-12(11)14/h4-5,8-9,15H,3,6-7H2,1-2H3. The fourth-order valence-corrected chi connectivity index (χ4v) is 2.48. The molecule has 0 heterocycles. The summed E-state index contributed by atoms with van der Waals surface area (Å²) in [6.45, 7) is 2.67. The molecule has 96 valence electrons. The summed E-state index contributed by atoms with van der Waals surface area (Å²) in [5, 5.41) is 3.23. The number of halogens is 2. The van der Waals surface area contributed by atoms with Gasteiger partial charge in [-0.05, 0) is 38.1 Å². The molecule has 17 heavy (non-hydrogen) atoms. The van der Waals surface area contributed by atoms with E-state index in [2.05, 4.69) is 21.2 Å². The van der Waals surface area contributed by atoms with Gasteiger partial charge in [0.2, 0.25) is 0 Å². The van der Waals surface area contributed by atoms with Gasteiger partial charge in [-0.3, -0.25) is 4.21 Å². The zero-order chi connectivity index (χ0) is 12.8. The fraction of sp³-hybridized carbons (Fsp3) is 0.500. The Kier molecular flexibility index (Phi) is 6.30. The molecule has 0 aromatic heterocycles.